The zero-order chi connectivity index (χ0) is 11.4. The summed E-state index contributed by atoms with van der Waals surface area (Å²) in [4.78, 5) is 21.1. The van der Waals surface area contributed by atoms with Crippen LogP contribution in [-0.4, -0.2) is 10.7 Å². The average molecular weight is 207 g/mol. The maximum absolute atomic E-state index is 11.2. The Bertz CT molecular complexity index is 399. The van der Waals surface area contributed by atoms with Crippen LogP contribution in [0.3, 0.4) is 0 Å². The highest BCUT2D eigenvalue weighted by atomic mass is 16.6. The van der Waals surface area contributed by atoms with Gasteiger partial charge >= 0.3 is 0 Å². The lowest BCUT2D eigenvalue weighted by Crippen LogP contribution is -1.94. The van der Waals surface area contributed by atoms with Gasteiger partial charge in [-0.2, -0.15) is 0 Å². The van der Waals surface area contributed by atoms with Crippen LogP contribution in [-0.2, 0) is 6.42 Å². The molecule has 0 amide bonds. The summed E-state index contributed by atoms with van der Waals surface area (Å²) in [7, 11) is 0. The standard InChI is InChI=1S/C9H7NO3.C2H6/c11-9-4-2-6-1-3-7(10(12)13)5-8(6)9;1-2/h1,3,5H,2,4H2;1-2H3. The van der Waals surface area contributed by atoms with Crippen molar-refractivity contribution in [1.82, 2.24) is 0 Å². The fraction of sp³-hybridized carbons (Fsp3) is 0.364. The third-order valence-electron chi connectivity index (χ3n) is 2.23. The van der Waals surface area contributed by atoms with Gasteiger partial charge in [0.1, 0.15) is 0 Å². The van der Waals surface area contributed by atoms with E-state index in [2.05, 4.69) is 0 Å². The van der Waals surface area contributed by atoms with E-state index in [9.17, 15) is 14.9 Å². The summed E-state index contributed by atoms with van der Waals surface area (Å²) in [5, 5.41) is 10.4. The molecule has 1 aromatic rings. The van der Waals surface area contributed by atoms with Gasteiger partial charge in [-0.3, -0.25) is 14.9 Å². The van der Waals surface area contributed by atoms with Gasteiger partial charge in [0.05, 0.1) is 4.92 Å². The van der Waals surface area contributed by atoms with Gasteiger partial charge in [0.25, 0.3) is 5.69 Å². The van der Waals surface area contributed by atoms with Gasteiger partial charge in [-0.05, 0) is 12.0 Å². The number of nitrogens with zero attached hydrogens (tertiary/aromatic N) is 1. The van der Waals surface area contributed by atoms with Crippen molar-refractivity contribution >= 4 is 11.5 Å². The predicted octanol–water partition coefficient (Wildman–Crippen LogP) is 2.75. The highest BCUT2D eigenvalue weighted by molar-refractivity contribution is 6.00. The fourth-order valence-electron chi connectivity index (χ4n) is 1.54. The van der Waals surface area contributed by atoms with E-state index in [-0.39, 0.29) is 11.5 Å². The quantitative estimate of drug-likeness (QED) is 0.525. The second kappa shape index (κ2) is 4.68. The smallest absolute Gasteiger partial charge is 0.270 e. The molecule has 0 unspecified atom stereocenters. The van der Waals surface area contributed by atoms with Crippen molar-refractivity contribution in [1.29, 1.82) is 0 Å². The number of hydrogen-bond donors (Lipinski definition) is 0. The highest BCUT2D eigenvalue weighted by Gasteiger charge is 2.21. The molecule has 0 saturated carbocycles. The number of Topliss-reactive ketones (excluding diaryl/α,β-unsaturated/α-hetero) is 1. The van der Waals surface area contributed by atoms with E-state index in [1.807, 2.05) is 13.8 Å². The first-order valence-electron chi connectivity index (χ1n) is 4.99. The highest BCUT2D eigenvalue weighted by Crippen LogP contribution is 2.25. The van der Waals surface area contributed by atoms with Crippen molar-refractivity contribution in [3.05, 3.63) is 39.4 Å². The Morgan fingerprint density at radius 3 is 2.53 bits per heavy atom. The van der Waals surface area contributed by atoms with E-state index in [0.29, 0.717) is 18.4 Å². The molecule has 1 aliphatic carbocycles. The summed E-state index contributed by atoms with van der Waals surface area (Å²) < 4.78 is 0. The molecule has 1 aliphatic rings. The van der Waals surface area contributed by atoms with E-state index < -0.39 is 4.92 Å². The largest absolute Gasteiger partial charge is 0.294 e. The Kier molecular flexibility index (Phi) is 3.55. The lowest BCUT2D eigenvalue weighted by atomic mass is 10.1. The maximum atomic E-state index is 11.2. The number of aryl methyl sites for hydroxylation is 1. The molecule has 4 heteroatoms. The zero-order valence-electron chi connectivity index (χ0n) is 8.82. The second-order valence-electron chi connectivity index (χ2n) is 3.02. The Morgan fingerprint density at radius 1 is 1.27 bits per heavy atom. The van der Waals surface area contributed by atoms with E-state index in [0.717, 1.165) is 5.56 Å². The molecule has 4 nitrogen and oxygen atoms in total. The first-order chi connectivity index (χ1) is 7.18. The number of nitro benzene ring substituents is 1. The first kappa shape index (κ1) is 11.4. The molecule has 0 saturated heterocycles. The summed E-state index contributed by atoms with van der Waals surface area (Å²) in [6.07, 6.45) is 1.20. The van der Waals surface area contributed by atoms with Crippen molar-refractivity contribution in [2.45, 2.75) is 26.7 Å². The molecular formula is C11H13NO3. The molecule has 0 bridgehead atoms. The second-order valence-corrected chi connectivity index (χ2v) is 3.02. The molecule has 1 aromatic carbocycles. The number of fused-ring (bicyclic) bond motifs is 1. The van der Waals surface area contributed by atoms with Gasteiger partial charge in [-0.15, -0.1) is 0 Å². The van der Waals surface area contributed by atoms with Gasteiger partial charge in [-0.25, -0.2) is 0 Å². The Labute approximate surface area is 88.1 Å². The molecule has 80 valence electrons. The van der Waals surface area contributed by atoms with E-state index >= 15 is 0 Å². The summed E-state index contributed by atoms with van der Waals surface area (Å²) in [5.74, 6) is 0.0127. The van der Waals surface area contributed by atoms with Crippen molar-refractivity contribution in [2.24, 2.45) is 0 Å². The molecule has 0 radical (unpaired) electrons. The molecule has 15 heavy (non-hydrogen) atoms. The first-order valence-corrected chi connectivity index (χ1v) is 4.99. The normalized spacial score (nSPS) is 12.8. The monoisotopic (exact) mass is 207 g/mol. The molecule has 0 atom stereocenters. The van der Waals surface area contributed by atoms with Crippen LogP contribution in [0.1, 0.15) is 36.2 Å². The number of nitro groups is 1. The lowest BCUT2D eigenvalue weighted by Gasteiger charge is -1.95. The topological polar surface area (TPSA) is 60.2 Å². The van der Waals surface area contributed by atoms with Crippen molar-refractivity contribution in [2.75, 3.05) is 0 Å². The molecule has 0 fully saturated rings. The maximum Gasteiger partial charge on any atom is 0.270 e. The molecule has 0 aliphatic heterocycles. The van der Waals surface area contributed by atoms with E-state index in [1.54, 1.807) is 6.07 Å². The van der Waals surface area contributed by atoms with Gasteiger partial charge in [0.15, 0.2) is 5.78 Å². The van der Waals surface area contributed by atoms with Gasteiger partial charge in [0.2, 0.25) is 0 Å². The molecule has 0 heterocycles. The van der Waals surface area contributed by atoms with E-state index in [1.165, 1.54) is 12.1 Å². The third-order valence-corrected chi connectivity index (χ3v) is 2.23. The Hall–Kier alpha value is -1.71. The van der Waals surface area contributed by atoms with Crippen LogP contribution in [0.4, 0.5) is 5.69 Å². The average Bonchev–Trinajstić information content (AvgIpc) is 2.63. The fourth-order valence-corrected chi connectivity index (χ4v) is 1.54. The van der Waals surface area contributed by atoms with Crippen LogP contribution in [0.2, 0.25) is 0 Å². The van der Waals surface area contributed by atoms with Crippen molar-refractivity contribution < 1.29 is 9.72 Å². The van der Waals surface area contributed by atoms with Crippen LogP contribution in [0, 0.1) is 10.1 Å². The van der Waals surface area contributed by atoms with Gasteiger partial charge in [-0.1, -0.05) is 19.9 Å². The van der Waals surface area contributed by atoms with E-state index in [4.69, 9.17) is 0 Å². The molecule has 2 rings (SSSR count). The number of carbonyl (C=O) groups is 1. The third kappa shape index (κ3) is 2.21. The number of rotatable bonds is 1. The Balaban J connectivity index is 0.000000531. The number of non-ortho nitro benzene ring substituents is 1. The molecule has 0 aromatic heterocycles. The summed E-state index contributed by atoms with van der Waals surface area (Å²) in [6, 6.07) is 4.47. The predicted molar refractivity (Wildman–Crippen MR) is 57.1 cm³/mol. The molecule has 0 spiro atoms. The van der Waals surface area contributed by atoms with Crippen molar-refractivity contribution in [3.8, 4) is 0 Å². The number of hydrogen-bond acceptors (Lipinski definition) is 3. The summed E-state index contributed by atoms with van der Waals surface area (Å²) in [6.45, 7) is 4.00. The Morgan fingerprint density at radius 2 is 1.93 bits per heavy atom. The van der Waals surface area contributed by atoms with Crippen LogP contribution in [0.15, 0.2) is 18.2 Å². The molecular weight excluding hydrogens is 194 g/mol. The minimum Gasteiger partial charge on any atom is -0.294 e. The van der Waals surface area contributed by atoms with Crippen molar-refractivity contribution in [3.63, 3.8) is 0 Å². The van der Waals surface area contributed by atoms with Crippen LogP contribution >= 0.6 is 0 Å². The number of benzene rings is 1. The van der Waals surface area contributed by atoms with Gasteiger partial charge < -0.3 is 0 Å². The minimum absolute atomic E-state index is 0.00556. The van der Waals surface area contributed by atoms with Crippen LogP contribution < -0.4 is 0 Å². The zero-order valence-corrected chi connectivity index (χ0v) is 8.82. The minimum atomic E-state index is -0.480. The lowest BCUT2D eigenvalue weighted by molar-refractivity contribution is -0.384. The van der Waals surface area contributed by atoms with Gasteiger partial charge in [0, 0.05) is 24.1 Å². The van der Waals surface area contributed by atoms with Crippen LogP contribution in [0.25, 0.3) is 0 Å². The van der Waals surface area contributed by atoms with Crippen LogP contribution in [0.5, 0.6) is 0 Å². The summed E-state index contributed by atoms with van der Waals surface area (Å²) >= 11 is 0. The molecule has 0 N–H and O–H groups in total. The number of ketones is 1. The SMILES string of the molecule is CC.O=C1CCc2ccc([N+](=O)[O-])cc21. The number of carbonyl (C=O) groups excluding carboxylic acids is 1. The summed E-state index contributed by atoms with van der Waals surface area (Å²) in [5.41, 5.74) is 1.44.